The largest absolute Gasteiger partial charge is 0.415 e. The van der Waals surface area contributed by atoms with E-state index >= 15 is 0 Å². The van der Waals surface area contributed by atoms with Gasteiger partial charge in [0, 0.05) is 30.0 Å². The molecular weight excluding hydrogens is 690 g/mol. The molecule has 1 saturated carbocycles. The van der Waals surface area contributed by atoms with E-state index in [2.05, 4.69) is 64.0 Å². The van der Waals surface area contributed by atoms with Crippen molar-refractivity contribution in [3.8, 4) is 17.6 Å². The van der Waals surface area contributed by atoms with Gasteiger partial charge in [0.25, 0.3) is 5.91 Å². The summed E-state index contributed by atoms with van der Waals surface area (Å²) in [7, 11) is 0. The second-order valence-electron chi connectivity index (χ2n) is 10.8. The topological polar surface area (TPSA) is 178 Å². The third-order valence-corrected chi connectivity index (χ3v) is 8.81. The Bertz CT molecular complexity index is 1610. The Morgan fingerprint density at radius 1 is 1.14 bits per heavy atom. The van der Waals surface area contributed by atoms with Crippen LogP contribution in [-0.2, 0) is 9.53 Å². The van der Waals surface area contributed by atoms with Crippen molar-refractivity contribution in [2.45, 2.75) is 62.7 Å². The monoisotopic (exact) mass is 717 g/mol. The molecule has 4 atom stereocenters. The number of aliphatic hydroxyl groups excluding tert-OH is 2. The second-order valence-corrected chi connectivity index (χ2v) is 12.6. The van der Waals surface area contributed by atoms with Crippen LogP contribution < -0.4 is 15.8 Å². The first-order valence-corrected chi connectivity index (χ1v) is 15.5. The number of imidazole rings is 1. The maximum absolute atomic E-state index is 12.6. The van der Waals surface area contributed by atoms with Crippen LogP contribution in [0.5, 0.6) is 5.75 Å². The van der Waals surface area contributed by atoms with Gasteiger partial charge < -0.3 is 35.6 Å². The average Bonchev–Trinajstić information content (AvgIpc) is 3.62. The summed E-state index contributed by atoms with van der Waals surface area (Å²) in [4.78, 5) is 39.8. The lowest BCUT2D eigenvalue weighted by molar-refractivity contribution is -0.137. The molecule has 2 saturated heterocycles. The zero-order chi connectivity index (χ0) is 30.2. The number of amides is 2. The number of hydrogen-bond acceptors (Lipinski definition) is 10. The summed E-state index contributed by atoms with van der Waals surface area (Å²) in [6.45, 7) is 1.12. The molecule has 43 heavy (non-hydrogen) atoms. The molecule has 2 aromatic heterocycles. The Hall–Kier alpha value is -3.29. The second kappa shape index (κ2) is 12.4. The minimum atomic E-state index is -1.42. The molecule has 0 unspecified atom stereocenters. The number of carbonyl (C=O) groups is 2. The molecular formula is C28H29Br2N7O6. The summed E-state index contributed by atoms with van der Waals surface area (Å²) < 4.78 is 14.3. The zero-order valence-electron chi connectivity index (χ0n) is 22.8. The molecule has 1 aromatic carbocycles. The third kappa shape index (κ3) is 6.48. The summed E-state index contributed by atoms with van der Waals surface area (Å²) in [5.41, 5.74) is 6.68. The van der Waals surface area contributed by atoms with Gasteiger partial charge in [-0.15, -0.1) is 0 Å². The van der Waals surface area contributed by atoms with Gasteiger partial charge in [-0.1, -0.05) is 21.9 Å². The lowest BCUT2D eigenvalue weighted by atomic mass is 9.94. The molecule has 2 aliphatic heterocycles. The number of likely N-dealkylation sites (tertiary alicyclic amines) is 1. The van der Waals surface area contributed by atoms with Crippen molar-refractivity contribution in [3.63, 3.8) is 0 Å². The number of anilines is 1. The molecule has 3 fully saturated rings. The number of rotatable bonds is 5. The van der Waals surface area contributed by atoms with Crippen LogP contribution in [0.25, 0.3) is 11.2 Å². The minimum absolute atomic E-state index is 0.0802. The van der Waals surface area contributed by atoms with Gasteiger partial charge in [-0.25, -0.2) is 19.7 Å². The van der Waals surface area contributed by atoms with E-state index in [9.17, 15) is 19.8 Å². The normalized spacial score (nSPS) is 24.0. The summed E-state index contributed by atoms with van der Waals surface area (Å²) in [5.74, 6) is 6.63. The van der Waals surface area contributed by atoms with Gasteiger partial charge in [0.05, 0.1) is 10.8 Å². The highest BCUT2D eigenvalue weighted by atomic mass is 79.9. The number of nitrogens with zero attached hydrogens (tertiary/aromatic N) is 5. The number of aromatic nitrogens is 4. The SMILES string of the molecule is Nc1nc(C#CCC2CCN(C(=O)Oc3ccc(Br)cc3Br)CC2)nc2c1ncn2[C@@H]1O[C@H](C(=O)NC2CC2)[C@@H](O)[C@H]1O. The number of ether oxygens (including phenoxy) is 2. The van der Waals surface area contributed by atoms with Gasteiger partial charge in [-0.3, -0.25) is 9.36 Å². The molecule has 5 N–H and O–H groups in total. The van der Waals surface area contributed by atoms with Gasteiger partial charge in [-0.05, 0) is 71.7 Å². The number of hydrogen-bond donors (Lipinski definition) is 4. The molecule has 15 heteroatoms. The smallest absolute Gasteiger partial charge is 0.409 e. The zero-order valence-corrected chi connectivity index (χ0v) is 26.0. The number of carbonyl (C=O) groups excluding carboxylic acids is 2. The molecule has 3 aliphatic rings. The first-order valence-electron chi connectivity index (χ1n) is 13.9. The van der Waals surface area contributed by atoms with Crippen LogP contribution in [0.1, 0.15) is 44.2 Å². The first-order chi connectivity index (χ1) is 20.7. The average molecular weight is 719 g/mol. The van der Waals surface area contributed by atoms with E-state index in [1.54, 1.807) is 11.0 Å². The van der Waals surface area contributed by atoms with E-state index < -0.39 is 30.4 Å². The highest BCUT2D eigenvalue weighted by Crippen LogP contribution is 2.33. The minimum Gasteiger partial charge on any atom is -0.409 e. The molecule has 226 valence electrons. The first kappa shape index (κ1) is 29.8. The molecule has 0 bridgehead atoms. The van der Waals surface area contributed by atoms with Crippen LogP contribution in [0.4, 0.5) is 10.6 Å². The van der Waals surface area contributed by atoms with Crippen molar-refractivity contribution in [3.05, 3.63) is 39.3 Å². The molecule has 4 heterocycles. The summed E-state index contributed by atoms with van der Waals surface area (Å²) in [6, 6.07) is 5.43. The molecule has 13 nitrogen and oxygen atoms in total. The van der Waals surface area contributed by atoms with E-state index in [1.165, 1.54) is 10.9 Å². The van der Waals surface area contributed by atoms with Crippen LogP contribution in [0.2, 0.25) is 0 Å². The van der Waals surface area contributed by atoms with E-state index in [4.69, 9.17) is 15.2 Å². The van der Waals surface area contributed by atoms with E-state index in [0.29, 0.717) is 29.7 Å². The van der Waals surface area contributed by atoms with Crippen molar-refractivity contribution in [2.24, 2.45) is 5.92 Å². The fourth-order valence-corrected chi connectivity index (χ4v) is 6.24. The van der Waals surface area contributed by atoms with Gasteiger partial charge in [-0.2, -0.15) is 0 Å². The third-order valence-electron chi connectivity index (χ3n) is 7.70. The fourth-order valence-electron chi connectivity index (χ4n) is 5.11. The fraction of sp³-hybridized carbons (Fsp3) is 0.464. The summed E-state index contributed by atoms with van der Waals surface area (Å²) in [5, 5.41) is 24.0. The van der Waals surface area contributed by atoms with Crippen molar-refractivity contribution < 1.29 is 29.3 Å². The Labute approximate surface area is 263 Å². The highest BCUT2D eigenvalue weighted by molar-refractivity contribution is 9.11. The Morgan fingerprint density at radius 3 is 2.63 bits per heavy atom. The molecule has 2 amide bonds. The lowest BCUT2D eigenvalue weighted by Gasteiger charge is -2.30. The molecule has 6 rings (SSSR count). The standard InChI is InChI=1S/C28H29Br2N7O6/c29-15-4-7-18(17(30)12-15)42-28(41)36-10-8-14(9-11-36)2-1-3-19-34-24(31)20-25(35-19)37(13-32-20)27-22(39)21(38)23(43-27)26(40)33-16-5-6-16/h4,7,12-14,16,21-23,27,38-39H,2,5-6,8-11H2,(H,33,40)(H2,31,34,35)/t21-,22+,23-,27+/m0/s1. The summed E-state index contributed by atoms with van der Waals surface area (Å²) in [6.07, 6.45) is -0.270. The summed E-state index contributed by atoms with van der Waals surface area (Å²) >= 11 is 6.79. The van der Waals surface area contributed by atoms with Crippen molar-refractivity contribution in [1.29, 1.82) is 0 Å². The number of nitrogen functional groups attached to an aromatic ring is 1. The molecule has 1 aliphatic carbocycles. The predicted molar refractivity (Wildman–Crippen MR) is 160 cm³/mol. The van der Waals surface area contributed by atoms with Gasteiger partial charge >= 0.3 is 6.09 Å². The van der Waals surface area contributed by atoms with Crippen LogP contribution in [-0.4, -0.2) is 84.1 Å². The van der Waals surface area contributed by atoms with E-state index in [0.717, 1.165) is 30.2 Å². The number of halogens is 2. The Balaban J connectivity index is 1.08. The quantitative estimate of drug-likeness (QED) is 0.287. The van der Waals surface area contributed by atoms with E-state index in [-0.39, 0.29) is 40.9 Å². The highest BCUT2D eigenvalue weighted by Gasteiger charge is 2.48. The Kier molecular flexibility index (Phi) is 8.56. The van der Waals surface area contributed by atoms with Crippen molar-refractivity contribution in [1.82, 2.24) is 29.7 Å². The van der Waals surface area contributed by atoms with Gasteiger partial charge in [0.2, 0.25) is 5.82 Å². The van der Waals surface area contributed by atoms with E-state index in [1.807, 2.05) is 12.1 Å². The number of aliphatic hydroxyl groups is 2. The maximum atomic E-state index is 12.6. The van der Waals surface area contributed by atoms with Crippen LogP contribution in [0.15, 0.2) is 33.5 Å². The number of nitrogens with two attached hydrogens (primary N) is 1. The number of nitrogens with one attached hydrogen (secondary N) is 1. The predicted octanol–water partition coefficient (Wildman–Crippen LogP) is 2.48. The van der Waals surface area contributed by atoms with Gasteiger partial charge in [0.15, 0.2) is 23.8 Å². The van der Waals surface area contributed by atoms with Crippen LogP contribution in [0, 0.1) is 17.8 Å². The van der Waals surface area contributed by atoms with Gasteiger partial charge in [0.1, 0.15) is 23.5 Å². The molecule has 0 spiro atoms. The van der Waals surface area contributed by atoms with Crippen molar-refractivity contribution in [2.75, 3.05) is 18.8 Å². The Morgan fingerprint density at radius 2 is 1.91 bits per heavy atom. The maximum Gasteiger partial charge on any atom is 0.415 e. The molecule has 0 radical (unpaired) electrons. The number of piperidine rings is 1. The van der Waals surface area contributed by atoms with Crippen LogP contribution in [0.3, 0.4) is 0 Å². The number of fused-ring (bicyclic) bond motifs is 1. The van der Waals surface area contributed by atoms with Crippen molar-refractivity contribution >= 4 is 60.8 Å². The van der Waals surface area contributed by atoms with Crippen LogP contribution >= 0.6 is 31.9 Å². The number of benzene rings is 1. The lowest BCUT2D eigenvalue weighted by Crippen LogP contribution is -2.43. The molecule has 3 aromatic rings.